The number of ketones is 1. The fourth-order valence-corrected chi connectivity index (χ4v) is 7.94. The number of halogens is 1. The number of imidazole rings is 1. The Kier molecular flexibility index (Phi) is 11.6. The number of carbonyl (C=O) groups is 1. The second-order valence-corrected chi connectivity index (χ2v) is 15.0. The maximum absolute atomic E-state index is 17.5. The van der Waals surface area contributed by atoms with Gasteiger partial charge in [-0.3, -0.25) is 4.79 Å². The van der Waals surface area contributed by atoms with E-state index in [4.69, 9.17) is 19.0 Å². The molecule has 0 saturated heterocycles. The van der Waals surface area contributed by atoms with Crippen LogP contribution in [0.2, 0.25) is 0 Å². The molecule has 2 heterocycles. The zero-order chi connectivity index (χ0) is 42.5. The quantitative estimate of drug-likeness (QED) is 0.0806. The highest BCUT2D eigenvalue weighted by Gasteiger charge is 2.42. The number of hydrogen-bond acceptors (Lipinski definition) is 8. The monoisotopic (exact) mass is 811 g/mol. The average molecular weight is 812 g/mol. The highest BCUT2D eigenvalue weighted by Crippen LogP contribution is 2.46. The lowest BCUT2D eigenvalue weighted by molar-refractivity contribution is 0.101. The van der Waals surface area contributed by atoms with E-state index in [-0.39, 0.29) is 23.2 Å². The minimum absolute atomic E-state index is 0.0475. The van der Waals surface area contributed by atoms with Gasteiger partial charge in [0.1, 0.15) is 23.2 Å². The van der Waals surface area contributed by atoms with Crippen LogP contribution in [0.3, 0.4) is 0 Å². The first kappa shape index (κ1) is 40.4. The van der Waals surface area contributed by atoms with Gasteiger partial charge in [-0.15, -0.1) is 0 Å². The SMILES string of the molecule is CCOc1cc(OC(C)C)c(F)c(C(Nc2ccc(-c3noc(C)n3)cc2)c2nc(-c3ccccc3C(C)=O)cn2C(c2ccccc2)(c2ccccc2)c2ccccc2)c1. The van der Waals surface area contributed by atoms with Crippen LogP contribution in [0.1, 0.15) is 78.1 Å². The Hall–Kier alpha value is -7.33. The molecule has 0 aliphatic carbocycles. The first-order valence-electron chi connectivity index (χ1n) is 20.3. The Morgan fingerprint density at radius 2 is 1.39 bits per heavy atom. The third-order valence-corrected chi connectivity index (χ3v) is 10.5. The lowest BCUT2D eigenvalue weighted by Gasteiger charge is -2.39. The molecule has 0 aliphatic rings. The number of carbonyl (C=O) groups excluding carboxylic acids is 1. The van der Waals surface area contributed by atoms with E-state index in [2.05, 4.69) is 56.4 Å². The Labute approximate surface area is 354 Å². The molecule has 0 radical (unpaired) electrons. The van der Waals surface area contributed by atoms with Gasteiger partial charge in [0.15, 0.2) is 17.3 Å². The maximum atomic E-state index is 17.5. The third kappa shape index (κ3) is 8.04. The number of ether oxygens (including phenoxy) is 2. The van der Waals surface area contributed by atoms with E-state index in [0.29, 0.717) is 52.4 Å². The number of rotatable bonds is 15. The molecule has 8 aromatic rings. The van der Waals surface area contributed by atoms with E-state index in [0.717, 1.165) is 22.3 Å². The second-order valence-electron chi connectivity index (χ2n) is 15.0. The smallest absolute Gasteiger partial charge is 0.223 e. The zero-order valence-corrected chi connectivity index (χ0v) is 34.7. The largest absolute Gasteiger partial charge is 0.494 e. The Morgan fingerprint density at radius 3 is 1.93 bits per heavy atom. The summed E-state index contributed by atoms with van der Waals surface area (Å²) in [5.41, 5.74) is 5.05. The van der Waals surface area contributed by atoms with Crippen molar-refractivity contribution in [1.82, 2.24) is 19.7 Å². The topological polar surface area (TPSA) is 104 Å². The molecule has 8 rings (SSSR count). The molecule has 2 aromatic heterocycles. The first-order chi connectivity index (χ1) is 29.7. The molecule has 61 heavy (non-hydrogen) atoms. The van der Waals surface area contributed by atoms with Crippen LogP contribution in [-0.2, 0) is 5.54 Å². The van der Waals surface area contributed by atoms with Crippen molar-refractivity contribution >= 4 is 11.5 Å². The van der Waals surface area contributed by atoms with E-state index in [1.165, 1.54) is 0 Å². The fourth-order valence-electron chi connectivity index (χ4n) is 7.94. The van der Waals surface area contributed by atoms with Gasteiger partial charge in [-0.1, -0.05) is 120 Å². The van der Waals surface area contributed by atoms with Crippen LogP contribution in [0, 0.1) is 12.7 Å². The molecule has 9 nitrogen and oxygen atoms in total. The number of nitrogens with zero attached hydrogens (tertiary/aromatic N) is 4. The molecule has 0 aliphatic heterocycles. The van der Waals surface area contributed by atoms with Crippen molar-refractivity contribution in [1.29, 1.82) is 0 Å². The molecule has 0 fully saturated rings. The van der Waals surface area contributed by atoms with Crippen molar-refractivity contribution in [3.63, 3.8) is 0 Å². The predicted molar refractivity (Wildman–Crippen MR) is 236 cm³/mol. The van der Waals surface area contributed by atoms with Crippen molar-refractivity contribution in [3.05, 3.63) is 203 Å². The lowest BCUT2D eigenvalue weighted by atomic mass is 9.76. The van der Waals surface area contributed by atoms with Gasteiger partial charge in [-0.05, 0) is 74.7 Å². The van der Waals surface area contributed by atoms with E-state index in [9.17, 15) is 4.79 Å². The lowest BCUT2D eigenvalue weighted by Crippen LogP contribution is -2.39. The van der Waals surface area contributed by atoms with Crippen LogP contribution < -0.4 is 14.8 Å². The summed E-state index contributed by atoms with van der Waals surface area (Å²) in [6, 6.07) is 47.9. The van der Waals surface area contributed by atoms with Gasteiger partial charge in [-0.25, -0.2) is 9.37 Å². The molecule has 6 aromatic carbocycles. The van der Waals surface area contributed by atoms with Gasteiger partial charge in [-0.2, -0.15) is 4.98 Å². The van der Waals surface area contributed by atoms with E-state index in [1.807, 2.05) is 124 Å². The maximum Gasteiger partial charge on any atom is 0.223 e. The van der Waals surface area contributed by atoms with Gasteiger partial charge in [0, 0.05) is 47.1 Å². The molecule has 1 unspecified atom stereocenters. The minimum Gasteiger partial charge on any atom is -0.494 e. The fraction of sp³-hybridized carbons (Fsp3) is 0.176. The standard InChI is InChI=1S/C51H46FN5O4/c1-6-59-41-30-44(47(52)46(31-41)60-33(2)3)48(54-40-28-26-36(27-29-40)49-53-35(5)61-56-49)50-55-45(43-25-17-16-24-42(43)34(4)58)32-57(50)51(37-18-10-7-11-19-37,38-20-12-8-13-21-38)39-22-14-9-15-23-39/h7-33,48,54H,6H2,1-5H3. The van der Waals surface area contributed by atoms with Crippen molar-refractivity contribution in [2.45, 2.75) is 52.3 Å². The number of benzene rings is 6. The molecule has 10 heteroatoms. The van der Waals surface area contributed by atoms with E-state index in [1.54, 1.807) is 32.0 Å². The van der Waals surface area contributed by atoms with Crippen molar-refractivity contribution < 1.29 is 23.2 Å². The minimum atomic E-state index is -1.08. The highest BCUT2D eigenvalue weighted by molar-refractivity contribution is 6.00. The van der Waals surface area contributed by atoms with Crippen molar-refractivity contribution in [3.8, 4) is 34.1 Å². The Morgan fingerprint density at radius 1 is 0.803 bits per heavy atom. The van der Waals surface area contributed by atoms with Gasteiger partial charge >= 0.3 is 0 Å². The number of anilines is 1. The molecule has 1 N–H and O–H groups in total. The summed E-state index contributed by atoms with van der Waals surface area (Å²) in [5, 5.41) is 7.79. The van der Waals surface area contributed by atoms with Gasteiger partial charge in [0.2, 0.25) is 11.7 Å². The highest BCUT2D eigenvalue weighted by atomic mass is 19.1. The molecular formula is C51H46FN5O4. The van der Waals surface area contributed by atoms with Crippen molar-refractivity contribution in [2.24, 2.45) is 0 Å². The Bertz CT molecular complexity index is 2650. The summed E-state index contributed by atoms with van der Waals surface area (Å²) in [7, 11) is 0. The van der Waals surface area contributed by atoms with Gasteiger partial charge in [0.05, 0.1) is 18.4 Å². The molecule has 0 saturated carbocycles. The number of Topliss-reactive ketones (excluding diaryl/α,β-unsaturated/α-hetero) is 1. The normalized spacial score (nSPS) is 12.0. The number of hydrogen-bond donors (Lipinski definition) is 1. The van der Waals surface area contributed by atoms with Crippen LogP contribution >= 0.6 is 0 Å². The van der Waals surface area contributed by atoms with Crippen molar-refractivity contribution in [2.75, 3.05) is 11.9 Å². The average Bonchev–Trinajstić information content (AvgIpc) is 3.93. The zero-order valence-electron chi connectivity index (χ0n) is 34.7. The molecular weight excluding hydrogens is 766 g/mol. The third-order valence-electron chi connectivity index (χ3n) is 10.5. The van der Waals surface area contributed by atoms with Crippen LogP contribution in [0.15, 0.2) is 162 Å². The molecule has 1 atom stereocenters. The van der Waals surface area contributed by atoms with Crippen LogP contribution in [-0.4, -0.2) is 38.2 Å². The predicted octanol–water partition coefficient (Wildman–Crippen LogP) is 11.5. The molecule has 306 valence electrons. The number of aryl methyl sites for hydroxylation is 1. The Balaban J connectivity index is 1.48. The number of aromatic nitrogens is 4. The van der Waals surface area contributed by atoms with E-state index < -0.39 is 17.4 Å². The molecule has 0 spiro atoms. The summed E-state index contributed by atoms with van der Waals surface area (Å²) in [6.45, 7) is 9.23. The summed E-state index contributed by atoms with van der Waals surface area (Å²) in [6.07, 6.45) is 1.65. The van der Waals surface area contributed by atoms with Gasteiger partial charge in [0.25, 0.3) is 0 Å². The van der Waals surface area contributed by atoms with Crippen LogP contribution in [0.25, 0.3) is 22.6 Å². The van der Waals surface area contributed by atoms with E-state index >= 15 is 4.39 Å². The molecule has 0 bridgehead atoms. The van der Waals surface area contributed by atoms with Crippen LogP contribution in [0.5, 0.6) is 11.5 Å². The van der Waals surface area contributed by atoms with Gasteiger partial charge < -0.3 is 23.9 Å². The number of nitrogens with one attached hydrogen (secondary N) is 1. The first-order valence-corrected chi connectivity index (χ1v) is 20.3. The second kappa shape index (κ2) is 17.5. The summed E-state index contributed by atoms with van der Waals surface area (Å²) in [4.78, 5) is 23.1. The summed E-state index contributed by atoms with van der Waals surface area (Å²) < 4.78 is 37.1. The molecule has 0 amide bonds. The van der Waals surface area contributed by atoms with Crippen LogP contribution in [0.4, 0.5) is 10.1 Å². The summed E-state index contributed by atoms with van der Waals surface area (Å²) in [5.74, 6) is 1.16. The summed E-state index contributed by atoms with van der Waals surface area (Å²) >= 11 is 0.